The Morgan fingerprint density at radius 1 is 1.06 bits per heavy atom. The monoisotopic (exact) mass is 634 g/mol. The summed E-state index contributed by atoms with van der Waals surface area (Å²) in [6, 6.07) is 21.4. The fourth-order valence-electron chi connectivity index (χ4n) is 3.00. The lowest BCUT2D eigenvalue weighted by molar-refractivity contribution is -0.115. The summed E-state index contributed by atoms with van der Waals surface area (Å²) in [5.41, 5.74) is 2.75. The van der Waals surface area contributed by atoms with Crippen LogP contribution in [0.3, 0.4) is 0 Å². The van der Waals surface area contributed by atoms with Crippen LogP contribution in [0, 0.1) is 3.57 Å². The first-order valence-corrected chi connectivity index (χ1v) is 12.9. The van der Waals surface area contributed by atoms with E-state index in [1.165, 1.54) is 15.3 Å². The molecule has 0 radical (unpaired) electrons. The molecular weight excluding hydrogens is 615 g/mol. The first kappa shape index (κ1) is 23.8. The normalized spacial score (nSPS) is 15.7. The smallest absolute Gasteiger partial charge is 0.264 e. The Balaban J connectivity index is 1.42. The van der Waals surface area contributed by atoms with E-state index in [0.29, 0.717) is 23.3 Å². The van der Waals surface area contributed by atoms with Gasteiger partial charge >= 0.3 is 0 Å². The number of halogens is 2. The number of rotatable bonds is 7. The van der Waals surface area contributed by atoms with E-state index >= 15 is 0 Å². The van der Waals surface area contributed by atoms with Crippen molar-refractivity contribution in [3.05, 3.63) is 90.8 Å². The summed E-state index contributed by atoms with van der Waals surface area (Å²) in [7, 11) is 0. The van der Waals surface area contributed by atoms with Crippen molar-refractivity contribution in [2.24, 2.45) is 4.99 Å². The van der Waals surface area contributed by atoms with Gasteiger partial charge in [-0.2, -0.15) is 0 Å². The van der Waals surface area contributed by atoms with Gasteiger partial charge < -0.3 is 14.8 Å². The molecule has 1 aliphatic rings. The Morgan fingerprint density at radius 2 is 1.82 bits per heavy atom. The van der Waals surface area contributed by atoms with Gasteiger partial charge in [-0.25, -0.2) is 4.99 Å². The molecular formula is C25H20BrIN2O3S. The molecule has 0 aromatic heterocycles. The molecule has 4 rings (SSSR count). The molecule has 1 fully saturated rings. The number of carbonyl (C=O) groups is 1. The van der Waals surface area contributed by atoms with Crippen LogP contribution in [0.5, 0.6) is 11.5 Å². The largest absolute Gasteiger partial charge is 0.494 e. The summed E-state index contributed by atoms with van der Waals surface area (Å²) in [5.74, 6) is 1.37. The summed E-state index contributed by atoms with van der Waals surface area (Å²) in [6.07, 6.45) is 1.84. The fraction of sp³-hybridized carbons (Fsp3) is 0.120. The van der Waals surface area contributed by atoms with Gasteiger partial charge in [-0.05, 0) is 123 Å². The van der Waals surface area contributed by atoms with Gasteiger partial charge in [0.15, 0.2) is 5.17 Å². The molecule has 1 N–H and O–H groups in total. The topological polar surface area (TPSA) is 59.9 Å². The van der Waals surface area contributed by atoms with E-state index in [0.717, 1.165) is 32.8 Å². The molecule has 0 atom stereocenters. The third-order valence-electron chi connectivity index (χ3n) is 4.59. The molecule has 0 aliphatic carbocycles. The summed E-state index contributed by atoms with van der Waals surface area (Å²) < 4.78 is 13.4. The van der Waals surface area contributed by atoms with Crippen LogP contribution in [-0.4, -0.2) is 17.7 Å². The third-order valence-corrected chi connectivity index (χ3v) is 6.84. The number of thioether (sulfide) groups is 1. The van der Waals surface area contributed by atoms with Gasteiger partial charge in [0.05, 0.1) is 21.7 Å². The minimum atomic E-state index is -0.167. The summed E-state index contributed by atoms with van der Waals surface area (Å²) >= 11 is 7.17. The second kappa shape index (κ2) is 11.2. The summed E-state index contributed by atoms with van der Waals surface area (Å²) in [5, 5.41) is 3.37. The Kier molecular flexibility index (Phi) is 8.11. The quantitative estimate of drug-likeness (QED) is 0.226. The molecule has 1 aliphatic heterocycles. The van der Waals surface area contributed by atoms with Crippen molar-refractivity contribution in [3.63, 3.8) is 0 Å². The van der Waals surface area contributed by atoms with Crippen LogP contribution in [0.1, 0.15) is 18.1 Å². The van der Waals surface area contributed by atoms with E-state index in [1.807, 2.05) is 55.5 Å². The number of amidine groups is 1. The molecule has 1 amide bonds. The van der Waals surface area contributed by atoms with Gasteiger partial charge in [0, 0.05) is 3.57 Å². The predicted octanol–water partition coefficient (Wildman–Crippen LogP) is 6.92. The number of aliphatic imine (C=N–C) groups is 1. The number of hydrogen-bond acceptors (Lipinski definition) is 5. The second-order valence-corrected chi connectivity index (χ2v) is 10.1. The van der Waals surface area contributed by atoms with Crippen molar-refractivity contribution in [2.75, 3.05) is 6.61 Å². The van der Waals surface area contributed by atoms with E-state index in [2.05, 4.69) is 73.1 Å². The highest BCUT2D eigenvalue weighted by Crippen LogP contribution is 2.32. The molecule has 0 spiro atoms. The Bertz CT molecular complexity index is 1210. The van der Waals surface area contributed by atoms with Crippen LogP contribution in [0.2, 0.25) is 0 Å². The third kappa shape index (κ3) is 6.61. The molecule has 8 heteroatoms. The average molecular weight is 635 g/mol. The highest BCUT2D eigenvalue weighted by atomic mass is 127. The molecule has 5 nitrogen and oxygen atoms in total. The Hall–Kier alpha value is -2.30. The number of nitrogens with one attached hydrogen (secondary N) is 1. The molecule has 1 heterocycles. The van der Waals surface area contributed by atoms with Crippen molar-refractivity contribution in [2.45, 2.75) is 13.5 Å². The van der Waals surface area contributed by atoms with Crippen LogP contribution in [0.15, 0.2) is 81.1 Å². The van der Waals surface area contributed by atoms with Gasteiger partial charge in [0.2, 0.25) is 0 Å². The van der Waals surface area contributed by atoms with E-state index in [-0.39, 0.29) is 5.91 Å². The minimum Gasteiger partial charge on any atom is -0.494 e. The van der Waals surface area contributed by atoms with Crippen LogP contribution in [-0.2, 0) is 11.4 Å². The minimum absolute atomic E-state index is 0.167. The van der Waals surface area contributed by atoms with Crippen LogP contribution >= 0.6 is 50.3 Å². The van der Waals surface area contributed by atoms with Gasteiger partial charge in [-0.1, -0.05) is 18.2 Å². The second-order valence-electron chi connectivity index (χ2n) is 7.01. The summed E-state index contributed by atoms with van der Waals surface area (Å²) in [4.78, 5) is 17.5. The van der Waals surface area contributed by atoms with Crippen molar-refractivity contribution >= 4 is 73.1 Å². The van der Waals surface area contributed by atoms with Crippen molar-refractivity contribution in [1.82, 2.24) is 5.32 Å². The maximum Gasteiger partial charge on any atom is 0.264 e. The average Bonchev–Trinajstić information content (AvgIpc) is 3.14. The lowest BCUT2D eigenvalue weighted by Crippen LogP contribution is -2.19. The number of hydrogen-bond donors (Lipinski definition) is 1. The number of ether oxygens (including phenoxy) is 2. The van der Waals surface area contributed by atoms with Gasteiger partial charge in [-0.15, -0.1) is 0 Å². The van der Waals surface area contributed by atoms with E-state index in [9.17, 15) is 4.79 Å². The van der Waals surface area contributed by atoms with Crippen LogP contribution in [0.25, 0.3) is 6.08 Å². The van der Waals surface area contributed by atoms with Crippen LogP contribution < -0.4 is 14.8 Å². The lowest BCUT2D eigenvalue weighted by Gasteiger charge is -2.09. The van der Waals surface area contributed by atoms with Crippen molar-refractivity contribution in [1.29, 1.82) is 0 Å². The first-order chi connectivity index (χ1) is 16.0. The zero-order chi connectivity index (χ0) is 23.2. The molecule has 0 unspecified atom stereocenters. The highest BCUT2D eigenvalue weighted by molar-refractivity contribution is 14.1. The van der Waals surface area contributed by atoms with Crippen molar-refractivity contribution < 1.29 is 14.3 Å². The predicted molar refractivity (Wildman–Crippen MR) is 146 cm³/mol. The number of carbonyl (C=O) groups excluding carboxylic acids is 1. The Labute approximate surface area is 218 Å². The van der Waals surface area contributed by atoms with E-state index in [1.54, 1.807) is 0 Å². The van der Waals surface area contributed by atoms with Crippen LogP contribution in [0.4, 0.5) is 5.69 Å². The SMILES string of the molecule is CCOc1ccc(N=C2NC(=O)/C(=C\c3ccc(OCc4ccc(I)cc4)c(Br)c3)S2)cc1. The molecule has 0 bridgehead atoms. The Morgan fingerprint density at radius 3 is 2.52 bits per heavy atom. The van der Waals surface area contributed by atoms with Gasteiger partial charge in [-0.3, -0.25) is 4.79 Å². The molecule has 33 heavy (non-hydrogen) atoms. The molecule has 3 aromatic carbocycles. The molecule has 168 valence electrons. The number of benzene rings is 3. The molecule has 0 saturated carbocycles. The fourth-order valence-corrected chi connectivity index (χ4v) is 4.71. The lowest BCUT2D eigenvalue weighted by atomic mass is 10.2. The van der Waals surface area contributed by atoms with Crippen molar-refractivity contribution in [3.8, 4) is 11.5 Å². The van der Waals surface area contributed by atoms with E-state index < -0.39 is 0 Å². The standard InChI is InChI=1S/C25H20BrIN2O3S/c1-2-31-20-10-8-19(9-11-20)28-25-29-24(30)23(33-25)14-17-5-12-22(21(26)13-17)32-15-16-3-6-18(27)7-4-16/h3-14H,2,15H2,1H3,(H,28,29,30)/b23-14+. The number of nitrogens with zero attached hydrogens (tertiary/aromatic N) is 1. The van der Waals surface area contributed by atoms with E-state index in [4.69, 9.17) is 9.47 Å². The first-order valence-electron chi connectivity index (χ1n) is 10.2. The highest BCUT2D eigenvalue weighted by Gasteiger charge is 2.24. The van der Waals surface area contributed by atoms with Gasteiger partial charge in [0.25, 0.3) is 5.91 Å². The van der Waals surface area contributed by atoms with Gasteiger partial charge in [0.1, 0.15) is 18.1 Å². The zero-order valence-corrected chi connectivity index (χ0v) is 22.2. The summed E-state index contributed by atoms with van der Waals surface area (Å²) in [6.45, 7) is 3.04. The maximum atomic E-state index is 12.4. The maximum absolute atomic E-state index is 12.4. The molecule has 1 saturated heterocycles. The number of amides is 1. The molecule has 3 aromatic rings. The zero-order valence-electron chi connectivity index (χ0n) is 17.7.